The third-order valence-corrected chi connectivity index (χ3v) is 3.30. The number of quaternary nitrogens is 1. The summed E-state index contributed by atoms with van der Waals surface area (Å²) in [5, 5.41) is 0.584. The minimum absolute atomic E-state index is 0.193. The van der Waals surface area contributed by atoms with Crippen molar-refractivity contribution in [2.45, 2.75) is 6.54 Å². The molecule has 0 saturated heterocycles. The van der Waals surface area contributed by atoms with Gasteiger partial charge in [-0.3, -0.25) is 20.4 Å². The van der Waals surface area contributed by atoms with E-state index in [2.05, 4.69) is 10.9 Å². The van der Waals surface area contributed by atoms with Crippen LogP contribution in [0.4, 0.5) is 0 Å². The first-order valence-corrected chi connectivity index (χ1v) is 7.70. The van der Waals surface area contributed by atoms with Gasteiger partial charge in [-0.2, -0.15) is 0 Å². The number of nitrogens with one attached hydrogen (secondary N) is 3. The molecule has 1 atom stereocenters. The van der Waals surface area contributed by atoms with Gasteiger partial charge in [-0.15, -0.1) is 0 Å². The van der Waals surface area contributed by atoms with Crippen molar-refractivity contribution in [1.82, 2.24) is 10.9 Å². The number of halogens is 1. The third-order valence-electron chi connectivity index (χ3n) is 3.04. The Bertz CT molecular complexity index is 658. The largest absolute Gasteiger partial charge is 0.484 e. The van der Waals surface area contributed by atoms with E-state index in [0.717, 1.165) is 10.7 Å². The average molecular weight is 353 g/mol. The van der Waals surface area contributed by atoms with Crippen molar-refractivity contribution in [1.29, 1.82) is 0 Å². The molecule has 0 aliphatic carbocycles. The van der Waals surface area contributed by atoms with E-state index in [-0.39, 0.29) is 19.1 Å². The minimum atomic E-state index is -0.456. The molecule has 2 aromatic rings. The van der Waals surface area contributed by atoms with Gasteiger partial charge in [0.2, 0.25) is 0 Å². The summed E-state index contributed by atoms with van der Waals surface area (Å²) in [6.45, 7) is 0.560. The molecule has 128 valence electrons. The second-order valence-electron chi connectivity index (χ2n) is 5.23. The normalized spacial score (nSPS) is 11.6. The van der Waals surface area contributed by atoms with Gasteiger partial charge in [0.25, 0.3) is 11.8 Å². The van der Waals surface area contributed by atoms with E-state index < -0.39 is 5.91 Å². The van der Waals surface area contributed by atoms with E-state index in [1.54, 1.807) is 36.6 Å². The average Bonchev–Trinajstić information content (AvgIpc) is 3.05. The van der Waals surface area contributed by atoms with Crippen LogP contribution in [0, 0.1) is 0 Å². The van der Waals surface area contributed by atoms with E-state index in [0.29, 0.717) is 17.3 Å². The number of likely N-dealkylation sites (N-methyl/N-ethyl adjacent to an activating group) is 1. The zero-order valence-corrected chi connectivity index (χ0v) is 13.9. The molecule has 24 heavy (non-hydrogen) atoms. The standard InChI is InChI=1S/C16H18ClN3O4/c1-20(9-14-3-2-8-23-14)10-15(21)18-19-16(22)11-24-13-6-4-12(17)5-7-13/h2-8H,9-11H2,1H3,(H,18,21)(H,19,22)/p+1. The van der Waals surface area contributed by atoms with E-state index >= 15 is 0 Å². The summed E-state index contributed by atoms with van der Waals surface area (Å²) in [5.74, 6) is 0.546. The van der Waals surface area contributed by atoms with E-state index in [1.807, 2.05) is 13.1 Å². The van der Waals surface area contributed by atoms with Crippen LogP contribution in [-0.2, 0) is 16.1 Å². The molecule has 1 aromatic heterocycles. The summed E-state index contributed by atoms with van der Waals surface area (Å²) >= 11 is 5.75. The Morgan fingerprint density at radius 1 is 1.17 bits per heavy atom. The zero-order valence-electron chi connectivity index (χ0n) is 13.2. The summed E-state index contributed by atoms with van der Waals surface area (Å²) in [7, 11) is 1.85. The Hall–Kier alpha value is -2.51. The molecule has 0 spiro atoms. The Balaban J connectivity index is 1.63. The number of hydrazine groups is 1. The fraction of sp³-hybridized carbons (Fsp3) is 0.250. The highest BCUT2D eigenvalue weighted by molar-refractivity contribution is 6.30. The molecular weight excluding hydrogens is 334 g/mol. The van der Waals surface area contributed by atoms with E-state index in [1.165, 1.54) is 0 Å². The van der Waals surface area contributed by atoms with Gasteiger partial charge in [-0.25, -0.2) is 0 Å². The smallest absolute Gasteiger partial charge is 0.293 e. The first-order chi connectivity index (χ1) is 11.5. The van der Waals surface area contributed by atoms with Crippen LogP contribution in [0.2, 0.25) is 5.02 Å². The quantitative estimate of drug-likeness (QED) is 0.620. The molecule has 7 nitrogen and oxygen atoms in total. The van der Waals surface area contributed by atoms with Crippen molar-refractivity contribution < 1.29 is 23.6 Å². The van der Waals surface area contributed by atoms with Crippen molar-refractivity contribution in [3.8, 4) is 5.75 Å². The van der Waals surface area contributed by atoms with Gasteiger partial charge in [0.15, 0.2) is 18.9 Å². The Morgan fingerprint density at radius 3 is 2.54 bits per heavy atom. The maximum atomic E-state index is 11.8. The minimum Gasteiger partial charge on any atom is -0.484 e. The van der Waals surface area contributed by atoms with Crippen LogP contribution in [0.1, 0.15) is 5.76 Å². The molecule has 0 bridgehead atoms. The molecule has 0 aliphatic heterocycles. The first-order valence-electron chi connectivity index (χ1n) is 7.32. The van der Waals surface area contributed by atoms with Gasteiger partial charge in [0.05, 0.1) is 13.3 Å². The number of ether oxygens (including phenoxy) is 1. The van der Waals surface area contributed by atoms with Crippen LogP contribution in [-0.4, -0.2) is 32.0 Å². The van der Waals surface area contributed by atoms with Gasteiger partial charge in [0, 0.05) is 5.02 Å². The van der Waals surface area contributed by atoms with Crippen LogP contribution in [0.3, 0.4) is 0 Å². The number of benzene rings is 1. The molecule has 0 aliphatic rings. The number of carbonyl (C=O) groups excluding carboxylic acids is 2. The second kappa shape index (κ2) is 8.95. The number of amides is 2. The van der Waals surface area contributed by atoms with Crippen LogP contribution in [0.25, 0.3) is 0 Å². The van der Waals surface area contributed by atoms with Gasteiger partial charge < -0.3 is 14.1 Å². The number of hydrogen-bond acceptors (Lipinski definition) is 4. The molecule has 1 aromatic carbocycles. The van der Waals surface area contributed by atoms with Gasteiger partial charge in [-0.05, 0) is 36.4 Å². The van der Waals surface area contributed by atoms with Gasteiger partial charge in [-0.1, -0.05) is 11.6 Å². The van der Waals surface area contributed by atoms with Crippen LogP contribution in [0.15, 0.2) is 47.1 Å². The summed E-state index contributed by atoms with van der Waals surface area (Å²) in [5.41, 5.74) is 4.65. The van der Waals surface area contributed by atoms with Crippen molar-refractivity contribution >= 4 is 23.4 Å². The lowest BCUT2D eigenvalue weighted by molar-refractivity contribution is -0.886. The number of furan rings is 1. The van der Waals surface area contributed by atoms with Crippen molar-refractivity contribution in [2.24, 2.45) is 0 Å². The molecular formula is C16H19ClN3O4+. The Morgan fingerprint density at radius 2 is 1.88 bits per heavy atom. The van der Waals surface area contributed by atoms with Crippen LogP contribution in [0.5, 0.6) is 5.75 Å². The van der Waals surface area contributed by atoms with Gasteiger partial charge >= 0.3 is 0 Å². The monoisotopic (exact) mass is 352 g/mol. The van der Waals surface area contributed by atoms with Crippen molar-refractivity contribution in [3.05, 3.63) is 53.4 Å². The van der Waals surface area contributed by atoms with Gasteiger partial charge in [0.1, 0.15) is 12.3 Å². The maximum Gasteiger partial charge on any atom is 0.293 e. The lowest BCUT2D eigenvalue weighted by Crippen LogP contribution is -3.09. The number of hydrogen-bond donors (Lipinski definition) is 3. The third kappa shape index (κ3) is 6.31. The molecule has 0 radical (unpaired) electrons. The highest BCUT2D eigenvalue weighted by Gasteiger charge is 2.12. The summed E-state index contributed by atoms with van der Waals surface area (Å²) < 4.78 is 10.5. The molecule has 0 fully saturated rings. The molecule has 1 unspecified atom stereocenters. The Kier molecular flexibility index (Phi) is 6.65. The highest BCUT2D eigenvalue weighted by Crippen LogP contribution is 2.15. The Labute approximate surface area is 144 Å². The number of rotatable bonds is 7. The molecule has 2 amide bonds. The molecule has 2 rings (SSSR count). The zero-order chi connectivity index (χ0) is 17.4. The fourth-order valence-electron chi connectivity index (χ4n) is 1.95. The number of carbonyl (C=O) groups is 2. The first kappa shape index (κ1) is 17.8. The fourth-order valence-corrected chi connectivity index (χ4v) is 2.07. The van der Waals surface area contributed by atoms with E-state index in [4.69, 9.17) is 20.8 Å². The van der Waals surface area contributed by atoms with E-state index in [9.17, 15) is 9.59 Å². The molecule has 3 N–H and O–H groups in total. The lowest BCUT2D eigenvalue weighted by Gasteiger charge is -2.13. The van der Waals surface area contributed by atoms with Crippen LogP contribution < -0.4 is 20.5 Å². The SMILES string of the molecule is C[NH+](CC(=O)NNC(=O)COc1ccc(Cl)cc1)Cc1ccco1. The lowest BCUT2D eigenvalue weighted by atomic mass is 10.3. The molecule has 8 heteroatoms. The summed E-state index contributed by atoms with van der Waals surface area (Å²) in [6, 6.07) is 10.3. The highest BCUT2D eigenvalue weighted by atomic mass is 35.5. The molecule has 0 saturated carbocycles. The van der Waals surface area contributed by atoms with Crippen molar-refractivity contribution in [2.75, 3.05) is 20.2 Å². The van der Waals surface area contributed by atoms with Crippen LogP contribution >= 0.6 is 11.6 Å². The molecule has 1 heterocycles. The predicted octanol–water partition coefficient (Wildman–Crippen LogP) is 0.174. The second-order valence-corrected chi connectivity index (χ2v) is 5.67. The maximum absolute atomic E-state index is 11.8. The summed E-state index contributed by atoms with van der Waals surface area (Å²) in [4.78, 5) is 24.3. The predicted molar refractivity (Wildman–Crippen MR) is 87.4 cm³/mol. The topological polar surface area (TPSA) is 85.0 Å². The van der Waals surface area contributed by atoms with Crippen molar-refractivity contribution in [3.63, 3.8) is 0 Å². The summed E-state index contributed by atoms with van der Waals surface area (Å²) in [6.07, 6.45) is 1.59.